The van der Waals surface area contributed by atoms with Gasteiger partial charge in [0.2, 0.25) is 11.8 Å². The van der Waals surface area contributed by atoms with Crippen LogP contribution in [0.1, 0.15) is 13.3 Å². The third-order valence-corrected chi connectivity index (χ3v) is 1.67. The molecule has 0 rings (SSSR count). The molecule has 0 fully saturated rings. The summed E-state index contributed by atoms with van der Waals surface area (Å²) in [4.78, 5) is 21.2. The zero-order valence-electron chi connectivity index (χ0n) is 6.78. The second-order valence-electron chi connectivity index (χ2n) is 2.72. The lowest BCUT2D eigenvalue weighted by molar-refractivity contribution is -0.132. The summed E-state index contributed by atoms with van der Waals surface area (Å²) < 4.78 is 0. The van der Waals surface area contributed by atoms with Gasteiger partial charge in [0.1, 0.15) is 5.54 Å². The molecule has 0 aromatic carbocycles. The van der Waals surface area contributed by atoms with Crippen LogP contribution in [0.2, 0.25) is 0 Å². The fourth-order valence-corrected chi connectivity index (χ4v) is 0.729. The van der Waals surface area contributed by atoms with E-state index in [0.29, 0.717) is 0 Å². The van der Waals surface area contributed by atoms with Crippen LogP contribution in [0, 0.1) is 0 Å². The average Bonchev–Trinajstić information content (AvgIpc) is 1.84. The first-order valence-electron chi connectivity index (χ1n) is 3.36. The Hall–Kier alpha value is -1.14. The largest absolute Gasteiger partial charge is 0.391 e. The van der Waals surface area contributed by atoms with Gasteiger partial charge in [-0.3, -0.25) is 9.59 Å². The molecule has 0 saturated heterocycles. The van der Waals surface area contributed by atoms with Gasteiger partial charge in [0.25, 0.3) is 0 Å². The van der Waals surface area contributed by atoms with Crippen molar-refractivity contribution in [2.45, 2.75) is 25.0 Å². The van der Waals surface area contributed by atoms with Gasteiger partial charge in [-0.05, 0) is 6.92 Å². The van der Waals surface area contributed by atoms with Crippen molar-refractivity contribution in [3.8, 4) is 0 Å². The minimum absolute atomic E-state index is 0.458. The lowest BCUT2D eigenvalue weighted by Crippen LogP contribution is -2.61. The predicted octanol–water partition coefficient (Wildman–Crippen LogP) is -2.57. The zero-order chi connectivity index (χ0) is 9.94. The van der Waals surface area contributed by atoms with E-state index in [4.69, 9.17) is 22.3 Å². The number of carbonyl (C=O) groups excluding carboxylic acids is 2. The summed E-state index contributed by atoms with van der Waals surface area (Å²) in [5.41, 5.74) is 13.3. The van der Waals surface area contributed by atoms with Gasteiger partial charge in [0.05, 0.1) is 12.5 Å². The molecular weight excluding hydrogens is 162 g/mol. The van der Waals surface area contributed by atoms with Gasteiger partial charge in [-0.15, -0.1) is 0 Å². The number of amides is 2. The number of hydrogen-bond donors (Lipinski definition) is 4. The maximum Gasteiger partial charge on any atom is 0.240 e. The minimum atomic E-state index is -1.76. The highest BCUT2D eigenvalue weighted by molar-refractivity contribution is 5.91. The number of aliphatic hydroxyl groups excluding tert-OH is 1. The molecule has 0 aromatic rings. The van der Waals surface area contributed by atoms with Crippen LogP contribution in [0.4, 0.5) is 0 Å². The van der Waals surface area contributed by atoms with Crippen LogP contribution in [0.5, 0.6) is 0 Å². The van der Waals surface area contributed by atoms with Crippen LogP contribution < -0.4 is 17.2 Å². The third-order valence-electron chi connectivity index (χ3n) is 1.67. The van der Waals surface area contributed by atoms with Crippen molar-refractivity contribution in [3.63, 3.8) is 0 Å². The van der Waals surface area contributed by atoms with Gasteiger partial charge < -0.3 is 22.3 Å². The topological polar surface area (TPSA) is 132 Å². The molecule has 6 heteroatoms. The van der Waals surface area contributed by atoms with E-state index in [2.05, 4.69) is 0 Å². The van der Waals surface area contributed by atoms with Crippen LogP contribution in [-0.4, -0.2) is 28.6 Å². The molecule has 0 aliphatic carbocycles. The lowest BCUT2D eigenvalue weighted by Gasteiger charge is -2.27. The molecule has 1 unspecified atom stereocenters. The highest BCUT2D eigenvalue weighted by Crippen LogP contribution is 2.10. The smallest absolute Gasteiger partial charge is 0.240 e. The Morgan fingerprint density at radius 2 is 1.92 bits per heavy atom. The Kier molecular flexibility index (Phi) is 3.17. The molecule has 0 bridgehead atoms. The zero-order valence-corrected chi connectivity index (χ0v) is 6.78. The van der Waals surface area contributed by atoms with E-state index in [9.17, 15) is 9.59 Å². The molecule has 0 heterocycles. The molecule has 0 spiro atoms. The van der Waals surface area contributed by atoms with Crippen molar-refractivity contribution >= 4 is 11.8 Å². The predicted molar refractivity (Wildman–Crippen MR) is 41.6 cm³/mol. The van der Waals surface area contributed by atoms with E-state index in [-0.39, 0.29) is 0 Å². The minimum Gasteiger partial charge on any atom is -0.391 e. The Labute approximate surface area is 69.7 Å². The first kappa shape index (κ1) is 10.9. The van der Waals surface area contributed by atoms with Crippen LogP contribution in [0.25, 0.3) is 0 Å². The average molecular weight is 175 g/mol. The quantitative estimate of drug-likeness (QED) is 0.373. The van der Waals surface area contributed by atoms with Crippen molar-refractivity contribution in [3.05, 3.63) is 0 Å². The van der Waals surface area contributed by atoms with E-state index < -0.39 is 29.9 Å². The van der Waals surface area contributed by atoms with Crippen molar-refractivity contribution < 1.29 is 14.7 Å². The number of hydrogen-bond acceptors (Lipinski definition) is 4. The maximum atomic E-state index is 10.7. The van der Waals surface area contributed by atoms with Crippen molar-refractivity contribution in [2.24, 2.45) is 17.2 Å². The number of primary amides is 2. The number of carbonyl (C=O) groups is 2. The molecule has 0 saturated carbocycles. The molecule has 70 valence electrons. The van der Waals surface area contributed by atoms with Crippen LogP contribution in [-0.2, 0) is 9.59 Å². The highest BCUT2D eigenvalue weighted by atomic mass is 16.3. The van der Waals surface area contributed by atoms with E-state index >= 15 is 0 Å². The second-order valence-corrected chi connectivity index (χ2v) is 2.72. The van der Waals surface area contributed by atoms with Crippen LogP contribution >= 0.6 is 0 Å². The second kappa shape index (κ2) is 3.51. The van der Waals surface area contributed by atoms with Gasteiger partial charge >= 0.3 is 0 Å². The summed E-state index contributed by atoms with van der Waals surface area (Å²) in [5, 5.41) is 9.06. The molecule has 0 aliphatic rings. The van der Waals surface area contributed by atoms with Gasteiger partial charge in [0, 0.05) is 0 Å². The van der Waals surface area contributed by atoms with Crippen LogP contribution in [0.15, 0.2) is 0 Å². The monoisotopic (exact) mass is 175 g/mol. The molecule has 7 N–H and O–H groups in total. The van der Waals surface area contributed by atoms with Gasteiger partial charge in [-0.2, -0.15) is 0 Å². The van der Waals surface area contributed by atoms with Crippen LogP contribution in [0.3, 0.4) is 0 Å². The molecule has 0 radical (unpaired) electrons. The van der Waals surface area contributed by atoms with E-state index in [1.807, 2.05) is 0 Å². The lowest BCUT2D eigenvalue weighted by atomic mass is 9.89. The first-order chi connectivity index (χ1) is 5.30. The fraction of sp³-hybridized carbons (Fsp3) is 0.667. The number of rotatable bonds is 4. The van der Waals surface area contributed by atoms with Gasteiger partial charge in [-0.25, -0.2) is 0 Å². The first-order valence-corrected chi connectivity index (χ1v) is 3.36. The van der Waals surface area contributed by atoms with E-state index in [1.165, 1.54) is 6.92 Å². The normalized spacial score (nSPS) is 17.9. The summed E-state index contributed by atoms with van der Waals surface area (Å²) in [7, 11) is 0. The molecule has 12 heavy (non-hydrogen) atoms. The van der Waals surface area contributed by atoms with Crippen molar-refractivity contribution in [2.75, 3.05) is 0 Å². The standard InChI is InChI=1S/C6H13N3O3/c1-3(10)6(9,5(8)12)2-4(7)11/h3,10H,2,9H2,1H3,(H2,7,11)(H2,8,12)/t3?,6-/m1/s1. The van der Waals surface area contributed by atoms with Crippen molar-refractivity contribution in [1.82, 2.24) is 0 Å². The fourth-order valence-electron chi connectivity index (χ4n) is 0.729. The van der Waals surface area contributed by atoms with E-state index in [0.717, 1.165) is 0 Å². The summed E-state index contributed by atoms with van der Waals surface area (Å²) in [6.45, 7) is 1.27. The Morgan fingerprint density at radius 3 is 2.00 bits per heavy atom. The van der Waals surface area contributed by atoms with Crippen molar-refractivity contribution in [1.29, 1.82) is 0 Å². The highest BCUT2D eigenvalue weighted by Gasteiger charge is 2.38. The molecule has 2 amide bonds. The number of aliphatic hydroxyl groups is 1. The third kappa shape index (κ3) is 2.18. The summed E-state index contributed by atoms with van der Waals surface area (Å²) >= 11 is 0. The van der Waals surface area contributed by atoms with E-state index in [1.54, 1.807) is 0 Å². The molecule has 2 atom stereocenters. The maximum absolute atomic E-state index is 10.7. The Bertz CT molecular complexity index is 204. The Balaban J connectivity index is 4.62. The molecular formula is C6H13N3O3. The summed E-state index contributed by atoms with van der Waals surface area (Å²) in [6.07, 6.45) is -1.66. The molecule has 0 aliphatic heterocycles. The summed E-state index contributed by atoms with van der Waals surface area (Å²) in [5.74, 6) is -1.73. The Morgan fingerprint density at radius 1 is 1.50 bits per heavy atom. The summed E-state index contributed by atoms with van der Waals surface area (Å²) in [6, 6.07) is 0. The van der Waals surface area contributed by atoms with Gasteiger partial charge in [-0.1, -0.05) is 0 Å². The SMILES string of the molecule is CC(O)[C@](N)(CC(N)=O)C(N)=O. The van der Waals surface area contributed by atoms with Gasteiger partial charge in [0.15, 0.2) is 0 Å². The molecule has 6 nitrogen and oxygen atoms in total. The molecule has 0 aromatic heterocycles. The number of nitrogens with two attached hydrogens (primary N) is 3.